The molecule has 0 saturated heterocycles. The van der Waals surface area contributed by atoms with Crippen molar-refractivity contribution in [3.8, 4) is 0 Å². The quantitative estimate of drug-likeness (QED) is 0.744. The summed E-state index contributed by atoms with van der Waals surface area (Å²) >= 11 is 6.12. The second-order valence-electron chi connectivity index (χ2n) is 5.59. The van der Waals surface area contributed by atoms with E-state index in [1.165, 1.54) is 0 Å². The van der Waals surface area contributed by atoms with Gasteiger partial charge in [0.05, 0.1) is 11.2 Å². The number of benzene rings is 1. The number of carboxylic acid groups (broad SMARTS) is 1. The fourth-order valence-corrected chi connectivity index (χ4v) is 3.63. The number of nitrogens with one attached hydrogen (secondary N) is 1. The van der Waals surface area contributed by atoms with Crippen LogP contribution in [0.15, 0.2) is 41.6 Å². The zero-order valence-corrected chi connectivity index (χ0v) is 13.9. The Bertz CT molecular complexity index is 912. The fraction of sp³-hybridized carbons (Fsp3) is 0.200. The van der Waals surface area contributed by atoms with E-state index in [1.807, 2.05) is 30.3 Å². The summed E-state index contributed by atoms with van der Waals surface area (Å²) in [5, 5.41) is 16.7. The SMILES string of the molecule is NS(=O)(=O)c1ncc(C(=O)O)c(NC2(c3ccccc3)CC2)c1Cl. The van der Waals surface area contributed by atoms with Crippen LogP contribution in [0.3, 0.4) is 0 Å². The van der Waals surface area contributed by atoms with Crippen LogP contribution in [0.2, 0.25) is 5.02 Å². The van der Waals surface area contributed by atoms with Gasteiger partial charge in [0.2, 0.25) is 0 Å². The molecule has 1 heterocycles. The third kappa shape index (κ3) is 2.95. The average molecular weight is 368 g/mol. The lowest BCUT2D eigenvalue weighted by molar-refractivity contribution is 0.0697. The molecule has 1 aliphatic carbocycles. The van der Waals surface area contributed by atoms with Gasteiger partial charge in [-0.2, -0.15) is 0 Å². The molecule has 3 rings (SSSR count). The molecule has 0 atom stereocenters. The van der Waals surface area contributed by atoms with E-state index in [0.717, 1.165) is 24.6 Å². The minimum Gasteiger partial charge on any atom is -0.478 e. The molecule has 0 amide bonds. The smallest absolute Gasteiger partial charge is 0.339 e. The van der Waals surface area contributed by atoms with Crippen molar-refractivity contribution in [2.24, 2.45) is 5.14 Å². The van der Waals surface area contributed by atoms with Crippen molar-refractivity contribution >= 4 is 33.3 Å². The summed E-state index contributed by atoms with van der Waals surface area (Å²) in [4.78, 5) is 15.0. The first-order valence-corrected chi connectivity index (χ1v) is 8.95. The molecule has 1 fully saturated rings. The molecule has 0 spiro atoms. The molecule has 0 aliphatic heterocycles. The Hall–Kier alpha value is -2.16. The maximum Gasteiger partial charge on any atom is 0.339 e. The summed E-state index contributed by atoms with van der Waals surface area (Å²) in [6, 6.07) is 9.45. The van der Waals surface area contributed by atoms with Crippen molar-refractivity contribution in [3.05, 3.63) is 52.7 Å². The molecule has 0 radical (unpaired) electrons. The van der Waals surface area contributed by atoms with E-state index in [2.05, 4.69) is 10.3 Å². The van der Waals surface area contributed by atoms with Crippen LogP contribution < -0.4 is 10.5 Å². The first-order valence-electron chi connectivity index (χ1n) is 7.03. The van der Waals surface area contributed by atoms with Gasteiger partial charge in [-0.05, 0) is 18.4 Å². The number of hydrogen-bond donors (Lipinski definition) is 3. The molecule has 4 N–H and O–H groups in total. The van der Waals surface area contributed by atoms with Gasteiger partial charge in [-0.3, -0.25) is 0 Å². The number of aromatic carboxylic acids is 1. The van der Waals surface area contributed by atoms with Gasteiger partial charge in [0, 0.05) is 6.20 Å². The summed E-state index contributed by atoms with van der Waals surface area (Å²) < 4.78 is 23.2. The van der Waals surface area contributed by atoms with Crippen LogP contribution in [-0.4, -0.2) is 24.5 Å². The molecule has 1 aromatic heterocycles. The maximum absolute atomic E-state index is 11.6. The van der Waals surface area contributed by atoms with Crippen molar-refractivity contribution < 1.29 is 18.3 Å². The topological polar surface area (TPSA) is 122 Å². The van der Waals surface area contributed by atoms with Gasteiger partial charge in [0.25, 0.3) is 10.0 Å². The molecule has 7 nitrogen and oxygen atoms in total. The standard InChI is InChI=1S/C15H14ClN3O4S/c16-11-12(10(14(20)21)8-18-13(11)24(17,22)23)19-15(6-7-15)9-4-2-1-3-5-9/h1-5,8H,6-7H2,(H,18,19)(H,20,21)(H2,17,22,23). The highest BCUT2D eigenvalue weighted by Crippen LogP contribution is 2.50. The summed E-state index contributed by atoms with van der Waals surface area (Å²) in [5.41, 5.74) is 0.275. The van der Waals surface area contributed by atoms with Crippen LogP contribution in [-0.2, 0) is 15.6 Å². The molecular weight excluding hydrogens is 354 g/mol. The minimum atomic E-state index is -4.17. The number of aromatic nitrogens is 1. The first-order chi connectivity index (χ1) is 11.2. The number of nitrogens with two attached hydrogens (primary N) is 1. The Morgan fingerprint density at radius 2 is 1.92 bits per heavy atom. The highest BCUT2D eigenvalue weighted by Gasteiger charge is 2.45. The number of halogens is 1. The minimum absolute atomic E-state index is 0.00421. The van der Waals surface area contributed by atoms with Crippen LogP contribution in [0.1, 0.15) is 28.8 Å². The van der Waals surface area contributed by atoms with E-state index in [1.54, 1.807) is 0 Å². The van der Waals surface area contributed by atoms with Gasteiger partial charge < -0.3 is 10.4 Å². The maximum atomic E-state index is 11.6. The van der Waals surface area contributed by atoms with Crippen LogP contribution >= 0.6 is 11.6 Å². The molecule has 0 bridgehead atoms. The van der Waals surface area contributed by atoms with Crippen molar-refractivity contribution in [1.82, 2.24) is 4.98 Å². The molecule has 1 aromatic carbocycles. The molecule has 2 aromatic rings. The van der Waals surface area contributed by atoms with E-state index in [-0.39, 0.29) is 16.3 Å². The summed E-state index contributed by atoms with van der Waals surface area (Å²) in [7, 11) is -4.17. The zero-order chi connectivity index (χ0) is 17.5. The Labute approximate surface area is 143 Å². The monoisotopic (exact) mass is 367 g/mol. The molecule has 1 saturated carbocycles. The van der Waals surface area contributed by atoms with Crippen molar-refractivity contribution in [2.75, 3.05) is 5.32 Å². The van der Waals surface area contributed by atoms with Gasteiger partial charge in [-0.1, -0.05) is 41.9 Å². The molecule has 9 heteroatoms. The third-order valence-electron chi connectivity index (χ3n) is 3.93. The highest BCUT2D eigenvalue weighted by atomic mass is 35.5. The molecule has 126 valence electrons. The number of carboxylic acids is 1. The summed E-state index contributed by atoms with van der Waals surface area (Å²) in [6.07, 6.45) is 2.47. The fourth-order valence-electron chi connectivity index (χ4n) is 2.56. The van der Waals surface area contributed by atoms with E-state index < -0.39 is 26.6 Å². The van der Waals surface area contributed by atoms with Gasteiger partial charge in [0.15, 0.2) is 5.03 Å². The highest BCUT2D eigenvalue weighted by molar-refractivity contribution is 7.89. The number of sulfonamides is 1. The predicted molar refractivity (Wildman–Crippen MR) is 88.6 cm³/mol. The van der Waals surface area contributed by atoms with E-state index in [9.17, 15) is 18.3 Å². The third-order valence-corrected chi connectivity index (χ3v) is 5.26. The number of primary sulfonamides is 1. The number of anilines is 1. The van der Waals surface area contributed by atoms with E-state index >= 15 is 0 Å². The Morgan fingerprint density at radius 3 is 2.42 bits per heavy atom. The van der Waals surface area contributed by atoms with Crippen LogP contribution in [0.4, 0.5) is 5.69 Å². The molecule has 1 aliphatic rings. The second kappa shape index (κ2) is 5.73. The van der Waals surface area contributed by atoms with Gasteiger partial charge in [0.1, 0.15) is 10.6 Å². The number of nitrogens with zero attached hydrogens (tertiary/aromatic N) is 1. The lowest BCUT2D eigenvalue weighted by Crippen LogP contribution is -2.23. The zero-order valence-electron chi connectivity index (χ0n) is 12.4. The summed E-state index contributed by atoms with van der Waals surface area (Å²) in [5.74, 6) is -1.27. The number of pyridine rings is 1. The second-order valence-corrected chi connectivity index (χ2v) is 7.44. The number of rotatable bonds is 5. The van der Waals surface area contributed by atoms with Crippen LogP contribution in [0.25, 0.3) is 0 Å². The van der Waals surface area contributed by atoms with E-state index in [0.29, 0.717) is 0 Å². The Kier molecular flexibility index (Phi) is 3.98. The van der Waals surface area contributed by atoms with Gasteiger partial charge >= 0.3 is 5.97 Å². The van der Waals surface area contributed by atoms with E-state index in [4.69, 9.17) is 16.7 Å². The molecular formula is C15H14ClN3O4S. The largest absolute Gasteiger partial charge is 0.478 e. The van der Waals surface area contributed by atoms with Crippen LogP contribution in [0.5, 0.6) is 0 Å². The van der Waals surface area contributed by atoms with Crippen LogP contribution in [0, 0.1) is 0 Å². The Balaban J connectivity index is 2.11. The average Bonchev–Trinajstić information content (AvgIpc) is 3.29. The number of hydrogen-bond acceptors (Lipinski definition) is 5. The van der Waals surface area contributed by atoms with Gasteiger partial charge in [-0.15, -0.1) is 0 Å². The molecule has 24 heavy (non-hydrogen) atoms. The lowest BCUT2D eigenvalue weighted by Gasteiger charge is -2.22. The Morgan fingerprint density at radius 1 is 1.29 bits per heavy atom. The predicted octanol–water partition coefficient (Wildman–Crippen LogP) is 2.18. The molecule has 0 unspecified atom stereocenters. The van der Waals surface area contributed by atoms with Crippen molar-refractivity contribution in [1.29, 1.82) is 0 Å². The first kappa shape index (κ1) is 16.7. The normalized spacial score (nSPS) is 15.8. The summed E-state index contributed by atoms with van der Waals surface area (Å²) in [6.45, 7) is 0. The number of carbonyl (C=O) groups is 1. The van der Waals surface area contributed by atoms with Gasteiger partial charge in [-0.25, -0.2) is 23.3 Å². The van der Waals surface area contributed by atoms with Crippen molar-refractivity contribution in [2.45, 2.75) is 23.4 Å². The lowest BCUT2D eigenvalue weighted by atomic mass is 10.0. The van der Waals surface area contributed by atoms with Crippen molar-refractivity contribution in [3.63, 3.8) is 0 Å².